The summed E-state index contributed by atoms with van der Waals surface area (Å²) in [6.45, 7) is 0. The van der Waals surface area contributed by atoms with Gasteiger partial charge >= 0.3 is 0 Å². The molecular formula is C19H16BrN3O2. The van der Waals surface area contributed by atoms with Crippen LogP contribution in [0.5, 0.6) is 5.75 Å². The van der Waals surface area contributed by atoms with Crippen molar-refractivity contribution in [3.8, 4) is 5.75 Å². The molecule has 5 nitrogen and oxygen atoms in total. The van der Waals surface area contributed by atoms with E-state index in [1.54, 1.807) is 43.6 Å². The summed E-state index contributed by atoms with van der Waals surface area (Å²) in [7, 11) is 1.60. The van der Waals surface area contributed by atoms with Crippen LogP contribution in [0.2, 0.25) is 0 Å². The van der Waals surface area contributed by atoms with Crippen LogP contribution in [-0.2, 0) is 0 Å². The molecule has 0 saturated heterocycles. The number of amides is 1. The molecule has 0 aliphatic carbocycles. The van der Waals surface area contributed by atoms with Gasteiger partial charge < -0.3 is 15.4 Å². The first-order valence-corrected chi connectivity index (χ1v) is 8.37. The van der Waals surface area contributed by atoms with Crippen LogP contribution in [0.25, 0.3) is 0 Å². The Labute approximate surface area is 154 Å². The van der Waals surface area contributed by atoms with Crippen molar-refractivity contribution in [3.05, 3.63) is 77.0 Å². The van der Waals surface area contributed by atoms with Gasteiger partial charge in [0.25, 0.3) is 5.91 Å². The minimum absolute atomic E-state index is 0.275. The molecule has 2 N–H and O–H groups in total. The fourth-order valence-electron chi connectivity index (χ4n) is 2.23. The van der Waals surface area contributed by atoms with E-state index in [1.165, 1.54) is 0 Å². The molecule has 0 fully saturated rings. The third-order valence-corrected chi connectivity index (χ3v) is 3.95. The number of rotatable bonds is 5. The first-order valence-electron chi connectivity index (χ1n) is 7.58. The van der Waals surface area contributed by atoms with E-state index in [4.69, 9.17) is 4.74 Å². The second kappa shape index (κ2) is 7.81. The van der Waals surface area contributed by atoms with Crippen molar-refractivity contribution >= 4 is 38.9 Å². The summed E-state index contributed by atoms with van der Waals surface area (Å²) in [6.07, 6.45) is 1.60. The number of nitrogens with zero attached hydrogens (tertiary/aromatic N) is 1. The zero-order valence-electron chi connectivity index (χ0n) is 13.5. The van der Waals surface area contributed by atoms with Crippen LogP contribution >= 0.6 is 15.9 Å². The number of aromatic nitrogens is 1. The van der Waals surface area contributed by atoms with Gasteiger partial charge in [0, 0.05) is 27.7 Å². The Morgan fingerprint density at radius 2 is 1.76 bits per heavy atom. The van der Waals surface area contributed by atoms with Crippen molar-refractivity contribution in [2.45, 2.75) is 0 Å². The highest BCUT2D eigenvalue weighted by molar-refractivity contribution is 9.10. The average molecular weight is 398 g/mol. The second-order valence-corrected chi connectivity index (χ2v) is 6.16. The van der Waals surface area contributed by atoms with E-state index in [0.717, 1.165) is 21.6 Å². The van der Waals surface area contributed by atoms with Crippen LogP contribution in [-0.4, -0.2) is 18.0 Å². The number of pyridine rings is 1. The Morgan fingerprint density at radius 1 is 1.00 bits per heavy atom. The quantitative estimate of drug-likeness (QED) is 0.645. The van der Waals surface area contributed by atoms with Gasteiger partial charge in [-0.05, 0) is 54.6 Å². The van der Waals surface area contributed by atoms with E-state index in [9.17, 15) is 4.79 Å². The fraction of sp³-hybridized carbons (Fsp3) is 0.0526. The van der Waals surface area contributed by atoms with Crippen molar-refractivity contribution < 1.29 is 9.53 Å². The van der Waals surface area contributed by atoms with Crippen molar-refractivity contribution in [2.75, 3.05) is 17.7 Å². The lowest BCUT2D eigenvalue weighted by Gasteiger charge is -2.09. The molecule has 6 heteroatoms. The topological polar surface area (TPSA) is 63.2 Å². The van der Waals surface area contributed by atoms with Crippen LogP contribution in [0.15, 0.2) is 71.3 Å². The molecule has 3 aromatic rings. The van der Waals surface area contributed by atoms with Crippen LogP contribution in [0.3, 0.4) is 0 Å². The predicted octanol–water partition coefficient (Wildman–Crippen LogP) is 4.85. The molecule has 126 valence electrons. The van der Waals surface area contributed by atoms with Crippen molar-refractivity contribution in [1.29, 1.82) is 0 Å². The summed E-state index contributed by atoms with van der Waals surface area (Å²) in [5, 5.41) is 6.07. The largest absolute Gasteiger partial charge is 0.497 e. The van der Waals surface area contributed by atoms with Gasteiger partial charge in [0.05, 0.1) is 7.11 Å². The zero-order valence-corrected chi connectivity index (χ0v) is 15.1. The van der Waals surface area contributed by atoms with E-state index in [1.807, 2.05) is 30.3 Å². The first kappa shape index (κ1) is 17.0. The molecule has 1 heterocycles. The highest BCUT2D eigenvalue weighted by atomic mass is 79.9. The highest BCUT2D eigenvalue weighted by Crippen LogP contribution is 2.21. The number of halogens is 1. The molecule has 3 rings (SSSR count). The summed E-state index contributed by atoms with van der Waals surface area (Å²) in [5.74, 6) is 0.458. The molecule has 1 aromatic heterocycles. The predicted molar refractivity (Wildman–Crippen MR) is 103 cm³/mol. The lowest BCUT2D eigenvalue weighted by Crippen LogP contribution is -2.13. The van der Waals surface area contributed by atoms with Crippen LogP contribution in [0, 0.1) is 0 Å². The van der Waals surface area contributed by atoms with Crippen molar-refractivity contribution in [1.82, 2.24) is 4.98 Å². The van der Waals surface area contributed by atoms with Gasteiger partial charge in [0.15, 0.2) is 0 Å². The van der Waals surface area contributed by atoms with Gasteiger partial charge in [-0.15, -0.1) is 0 Å². The van der Waals surface area contributed by atoms with Crippen molar-refractivity contribution in [2.24, 2.45) is 0 Å². The van der Waals surface area contributed by atoms with Crippen LogP contribution in [0.4, 0.5) is 17.1 Å². The maximum Gasteiger partial charge on any atom is 0.274 e. The molecular weight excluding hydrogens is 382 g/mol. The molecule has 1 amide bonds. The van der Waals surface area contributed by atoms with Gasteiger partial charge in [0.1, 0.15) is 11.4 Å². The second-order valence-electron chi connectivity index (χ2n) is 5.25. The fourth-order valence-corrected chi connectivity index (χ4v) is 2.63. The lowest BCUT2D eigenvalue weighted by molar-refractivity contribution is 0.102. The third kappa shape index (κ3) is 4.58. The number of nitrogens with one attached hydrogen (secondary N) is 2. The molecule has 0 saturated carbocycles. The molecule has 0 radical (unpaired) electrons. The number of ether oxygens (including phenoxy) is 1. The molecule has 0 aliphatic rings. The van der Waals surface area contributed by atoms with Gasteiger partial charge in [-0.25, -0.2) is 0 Å². The van der Waals surface area contributed by atoms with Crippen molar-refractivity contribution in [3.63, 3.8) is 0 Å². The molecule has 0 bridgehead atoms. The smallest absolute Gasteiger partial charge is 0.274 e. The standard InChI is InChI=1S/C19H16BrN3O2/c1-25-17-7-5-14(6-8-17)23-19(24)18-12-16(9-10-21-18)22-15-4-2-3-13(20)11-15/h2-12H,1H3,(H,21,22)(H,23,24). The number of carbonyl (C=O) groups is 1. The van der Waals surface area contributed by atoms with Crippen LogP contribution in [0.1, 0.15) is 10.5 Å². The van der Waals surface area contributed by atoms with E-state index in [2.05, 4.69) is 31.5 Å². The number of anilines is 3. The van der Waals surface area contributed by atoms with Gasteiger partial charge in [-0.1, -0.05) is 22.0 Å². The molecule has 0 spiro atoms. The number of benzene rings is 2. The summed E-state index contributed by atoms with van der Waals surface area (Å²) < 4.78 is 6.08. The summed E-state index contributed by atoms with van der Waals surface area (Å²) >= 11 is 3.44. The summed E-state index contributed by atoms with van der Waals surface area (Å²) in [6, 6.07) is 18.4. The summed E-state index contributed by atoms with van der Waals surface area (Å²) in [5.41, 5.74) is 2.71. The minimum atomic E-state index is -0.275. The Hall–Kier alpha value is -2.86. The molecule has 25 heavy (non-hydrogen) atoms. The maximum atomic E-state index is 12.4. The lowest BCUT2D eigenvalue weighted by atomic mass is 10.2. The molecule has 0 unspecified atom stereocenters. The number of carbonyl (C=O) groups excluding carboxylic acids is 1. The average Bonchev–Trinajstić information content (AvgIpc) is 2.62. The van der Waals surface area contributed by atoms with E-state index in [0.29, 0.717) is 11.4 Å². The van der Waals surface area contributed by atoms with Gasteiger partial charge in [0.2, 0.25) is 0 Å². The first-order chi connectivity index (χ1) is 12.1. The SMILES string of the molecule is COc1ccc(NC(=O)c2cc(Nc3cccc(Br)c3)ccn2)cc1. The Morgan fingerprint density at radius 3 is 2.48 bits per heavy atom. The Kier molecular flexibility index (Phi) is 5.30. The maximum absolute atomic E-state index is 12.4. The minimum Gasteiger partial charge on any atom is -0.497 e. The molecule has 0 atom stereocenters. The number of hydrogen-bond acceptors (Lipinski definition) is 4. The monoisotopic (exact) mass is 397 g/mol. The normalized spacial score (nSPS) is 10.2. The van der Waals surface area contributed by atoms with E-state index < -0.39 is 0 Å². The van der Waals surface area contributed by atoms with E-state index >= 15 is 0 Å². The van der Waals surface area contributed by atoms with Crippen LogP contribution < -0.4 is 15.4 Å². The van der Waals surface area contributed by atoms with Gasteiger partial charge in [-0.2, -0.15) is 0 Å². The third-order valence-electron chi connectivity index (χ3n) is 3.45. The number of methoxy groups -OCH3 is 1. The Balaban J connectivity index is 1.72. The summed E-state index contributed by atoms with van der Waals surface area (Å²) in [4.78, 5) is 16.5. The van der Waals surface area contributed by atoms with E-state index in [-0.39, 0.29) is 5.91 Å². The number of hydrogen-bond donors (Lipinski definition) is 2. The highest BCUT2D eigenvalue weighted by Gasteiger charge is 2.09. The zero-order chi connectivity index (χ0) is 17.6. The molecule has 2 aromatic carbocycles. The Bertz CT molecular complexity index is 882. The van der Waals surface area contributed by atoms with Gasteiger partial charge in [-0.3, -0.25) is 9.78 Å². The molecule has 0 aliphatic heterocycles.